The number of hydrogen-bond donors (Lipinski definition) is 1. The van der Waals surface area contributed by atoms with Crippen LogP contribution < -0.4 is 5.32 Å². The molecular formula is C12H25F3N2. The van der Waals surface area contributed by atoms with E-state index in [1.165, 1.54) is 4.90 Å². The van der Waals surface area contributed by atoms with Gasteiger partial charge in [0.1, 0.15) is 0 Å². The second kappa shape index (κ2) is 7.93. The van der Waals surface area contributed by atoms with Crippen LogP contribution in [-0.4, -0.2) is 43.3 Å². The standard InChI is InChI=1S/C12H25F3N2/c1-10(2)8-16-6-5-7-17(11(3)4)9-12(13,14)15/h10-11,16H,5-9H2,1-4H3. The van der Waals surface area contributed by atoms with Crippen LogP contribution in [0.2, 0.25) is 0 Å². The molecule has 0 unspecified atom stereocenters. The molecule has 0 aromatic carbocycles. The summed E-state index contributed by atoms with van der Waals surface area (Å²) in [6.07, 6.45) is -3.35. The van der Waals surface area contributed by atoms with E-state index in [1.54, 1.807) is 13.8 Å². The minimum atomic E-state index is -4.10. The Labute approximate surface area is 103 Å². The number of alkyl halides is 3. The Morgan fingerprint density at radius 3 is 2.12 bits per heavy atom. The van der Waals surface area contributed by atoms with Gasteiger partial charge in [-0.15, -0.1) is 0 Å². The minimum Gasteiger partial charge on any atom is -0.316 e. The van der Waals surface area contributed by atoms with Crippen LogP contribution in [0.3, 0.4) is 0 Å². The molecule has 0 radical (unpaired) electrons. The summed E-state index contributed by atoms with van der Waals surface area (Å²) in [6, 6.07) is -0.0678. The molecule has 0 rings (SSSR count). The minimum absolute atomic E-state index is 0.0678. The molecule has 0 aliphatic heterocycles. The number of halogens is 3. The highest BCUT2D eigenvalue weighted by molar-refractivity contribution is 4.68. The van der Waals surface area contributed by atoms with Gasteiger partial charge in [-0.3, -0.25) is 4.90 Å². The summed E-state index contributed by atoms with van der Waals surface area (Å²) in [5.74, 6) is 0.575. The van der Waals surface area contributed by atoms with Crippen molar-refractivity contribution in [2.45, 2.75) is 46.3 Å². The molecule has 0 aromatic rings. The van der Waals surface area contributed by atoms with Crippen LogP contribution >= 0.6 is 0 Å². The first-order valence-corrected chi connectivity index (χ1v) is 6.24. The normalized spacial score (nSPS) is 13.1. The maximum absolute atomic E-state index is 12.3. The Bertz CT molecular complexity index is 191. The SMILES string of the molecule is CC(C)CNCCCN(CC(F)(F)F)C(C)C. The fourth-order valence-corrected chi connectivity index (χ4v) is 1.55. The van der Waals surface area contributed by atoms with Gasteiger partial charge < -0.3 is 5.32 Å². The number of nitrogens with zero attached hydrogens (tertiary/aromatic N) is 1. The second-order valence-corrected chi connectivity index (χ2v) is 5.13. The monoisotopic (exact) mass is 254 g/mol. The summed E-state index contributed by atoms with van der Waals surface area (Å²) in [5, 5.41) is 3.23. The van der Waals surface area contributed by atoms with Crippen molar-refractivity contribution < 1.29 is 13.2 Å². The van der Waals surface area contributed by atoms with Gasteiger partial charge in [-0.05, 0) is 45.8 Å². The number of rotatable bonds is 8. The van der Waals surface area contributed by atoms with Crippen molar-refractivity contribution >= 4 is 0 Å². The Morgan fingerprint density at radius 1 is 1.12 bits per heavy atom. The van der Waals surface area contributed by atoms with E-state index < -0.39 is 12.7 Å². The van der Waals surface area contributed by atoms with Crippen LogP contribution in [0.4, 0.5) is 13.2 Å². The molecule has 2 nitrogen and oxygen atoms in total. The van der Waals surface area contributed by atoms with Gasteiger partial charge in [-0.1, -0.05) is 13.8 Å². The van der Waals surface area contributed by atoms with E-state index in [1.807, 2.05) is 0 Å². The van der Waals surface area contributed by atoms with Crippen LogP contribution in [0.15, 0.2) is 0 Å². The van der Waals surface area contributed by atoms with Crippen molar-refractivity contribution in [3.63, 3.8) is 0 Å². The van der Waals surface area contributed by atoms with Crippen LogP contribution in [-0.2, 0) is 0 Å². The average molecular weight is 254 g/mol. The Balaban J connectivity index is 3.79. The molecule has 0 fully saturated rings. The Kier molecular flexibility index (Phi) is 7.79. The lowest BCUT2D eigenvalue weighted by molar-refractivity contribution is -0.149. The molecule has 0 bridgehead atoms. The van der Waals surface area contributed by atoms with Crippen LogP contribution in [0, 0.1) is 5.92 Å². The fraction of sp³-hybridized carbons (Fsp3) is 1.00. The van der Waals surface area contributed by atoms with Crippen molar-refractivity contribution in [2.24, 2.45) is 5.92 Å². The van der Waals surface area contributed by atoms with E-state index >= 15 is 0 Å². The van der Waals surface area contributed by atoms with E-state index in [0.717, 1.165) is 19.5 Å². The summed E-state index contributed by atoms with van der Waals surface area (Å²) in [7, 11) is 0. The highest BCUT2D eigenvalue weighted by Crippen LogP contribution is 2.17. The zero-order valence-electron chi connectivity index (χ0n) is 11.3. The first-order chi connectivity index (χ1) is 7.72. The first-order valence-electron chi connectivity index (χ1n) is 6.24. The molecule has 0 spiro atoms. The van der Waals surface area contributed by atoms with Gasteiger partial charge in [0.05, 0.1) is 6.54 Å². The van der Waals surface area contributed by atoms with E-state index in [9.17, 15) is 13.2 Å². The van der Waals surface area contributed by atoms with Gasteiger partial charge in [0.25, 0.3) is 0 Å². The molecule has 0 aliphatic rings. The lowest BCUT2D eigenvalue weighted by Crippen LogP contribution is -2.40. The summed E-state index contributed by atoms with van der Waals surface area (Å²) in [4.78, 5) is 1.47. The summed E-state index contributed by atoms with van der Waals surface area (Å²) < 4.78 is 36.9. The largest absolute Gasteiger partial charge is 0.401 e. The predicted octanol–water partition coefficient (Wildman–Crippen LogP) is 2.89. The number of nitrogens with one attached hydrogen (secondary N) is 1. The maximum Gasteiger partial charge on any atom is 0.401 e. The molecule has 0 saturated heterocycles. The molecular weight excluding hydrogens is 229 g/mol. The van der Waals surface area contributed by atoms with Crippen LogP contribution in [0.1, 0.15) is 34.1 Å². The van der Waals surface area contributed by atoms with Crippen molar-refractivity contribution in [3.8, 4) is 0 Å². The third-order valence-corrected chi connectivity index (χ3v) is 2.46. The van der Waals surface area contributed by atoms with Crippen LogP contribution in [0.5, 0.6) is 0 Å². The summed E-state index contributed by atoms with van der Waals surface area (Å²) >= 11 is 0. The lowest BCUT2D eigenvalue weighted by Gasteiger charge is -2.27. The summed E-state index contributed by atoms with van der Waals surface area (Å²) in [6.45, 7) is 9.19. The topological polar surface area (TPSA) is 15.3 Å². The zero-order chi connectivity index (χ0) is 13.5. The molecule has 0 saturated carbocycles. The van der Waals surface area contributed by atoms with Gasteiger partial charge in [-0.2, -0.15) is 13.2 Å². The Morgan fingerprint density at radius 2 is 1.71 bits per heavy atom. The molecule has 17 heavy (non-hydrogen) atoms. The van der Waals surface area contributed by atoms with E-state index in [2.05, 4.69) is 19.2 Å². The Hall–Kier alpha value is -0.290. The first kappa shape index (κ1) is 16.7. The van der Waals surface area contributed by atoms with Crippen molar-refractivity contribution in [1.29, 1.82) is 0 Å². The van der Waals surface area contributed by atoms with Gasteiger partial charge in [0.2, 0.25) is 0 Å². The molecule has 0 aromatic heterocycles. The smallest absolute Gasteiger partial charge is 0.316 e. The second-order valence-electron chi connectivity index (χ2n) is 5.13. The quantitative estimate of drug-likeness (QED) is 0.670. The van der Waals surface area contributed by atoms with Crippen molar-refractivity contribution in [1.82, 2.24) is 10.2 Å². The van der Waals surface area contributed by atoms with Gasteiger partial charge in [0, 0.05) is 6.04 Å². The van der Waals surface area contributed by atoms with Gasteiger partial charge >= 0.3 is 6.18 Å². The highest BCUT2D eigenvalue weighted by atomic mass is 19.4. The lowest BCUT2D eigenvalue weighted by atomic mass is 10.2. The molecule has 0 atom stereocenters. The summed E-state index contributed by atoms with van der Waals surface area (Å²) in [5.41, 5.74) is 0. The van der Waals surface area contributed by atoms with E-state index in [4.69, 9.17) is 0 Å². The van der Waals surface area contributed by atoms with Crippen molar-refractivity contribution in [3.05, 3.63) is 0 Å². The molecule has 104 valence electrons. The average Bonchev–Trinajstić information content (AvgIpc) is 2.12. The molecule has 0 amide bonds. The third kappa shape index (κ3) is 10.6. The molecule has 0 aliphatic carbocycles. The predicted molar refractivity (Wildman–Crippen MR) is 65.1 cm³/mol. The van der Waals surface area contributed by atoms with Gasteiger partial charge in [0.15, 0.2) is 0 Å². The van der Waals surface area contributed by atoms with Crippen molar-refractivity contribution in [2.75, 3.05) is 26.2 Å². The zero-order valence-corrected chi connectivity index (χ0v) is 11.3. The highest BCUT2D eigenvalue weighted by Gasteiger charge is 2.31. The molecule has 5 heteroatoms. The molecule has 0 heterocycles. The van der Waals surface area contributed by atoms with E-state index in [-0.39, 0.29) is 6.04 Å². The maximum atomic E-state index is 12.3. The van der Waals surface area contributed by atoms with E-state index in [0.29, 0.717) is 12.5 Å². The third-order valence-electron chi connectivity index (χ3n) is 2.46. The van der Waals surface area contributed by atoms with Crippen LogP contribution in [0.25, 0.3) is 0 Å². The number of hydrogen-bond acceptors (Lipinski definition) is 2. The fourth-order valence-electron chi connectivity index (χ4n) is 1.55. The molecule has 1 N–H and O–H groups in total. The van der Waals surface area contributed by atoms with Gasteiger partial charge in [-0.25, -0.2) is 0 Å².